The van der Waals surface area contributed by atoms with Crippen LogP contribution < -0.4 is 5.32 Å². The summed E-state index contributed by atoms with van der Waals surface area (Å²) in [5.74, 6) is 0. The summed E-state index contributed by atoms with van der Waals surface area (Å²) in [7, 11) is 2.06. The van der Waals surface area contributed by atoms with Crippen LogP contribution in [0.1, 0.15) is 24.1 Å². The van der Waals surface area contributed by atoms with Crippen molar-refractivity contribution >= 4 is 0 Å². The van der Waals surface area contributed by atoms with Gasteiger partial charge in [0.1, 0.15) is 0 Å². The molecule has 2 atom stereocenters. The summed E-state index contributed by atoms with van der Waals surface area (Å²) in [4.78, 5) is 2.22. The maximum Gasteiger partial charge on any atom is 0.414 e. The van der Waals surface area contributed by atoms with Gasteiger partial charge in [0.2, 0.25) is 0 Å². The van der Waals surface area contributed by atoms with Gasteiger partial charge in [-0.2, -0.15) is 18.3 Å². The van der Waals surface area contributed by atoms with Crippen LogP contribution in [0.2, 0.25) is 0 Å². The third-order valence-corrected chi connectivity index (χ3v) is 4.38. The molecule has 8 heteroatoms. The van der Waals surface area contributed by atoms with Crippen molar-refractivity contribution in [3.05, 3.63) is 17.5 Å². The van der Waals surface area contributed by atoms with Crippen LogP contribution in [0.15, 0.2) is 6.20 Å². The van der Waals surface area contributed by atoms with Crippen molar-refractivity contribution in [2.45, 2.75) is 50.8 Å². The standard InChI is InChI=1S/C14H21F3N4O/c1-20-3-4-21-12(9-20)10(8-19-21)7-18-11-2-5-22-13(6-11)14(15,16)17/h8,11,13,18H,2-7,9H2,1H3. The van der Waals surface area contributed by atoms with Crippen molar-refractivity contribution in [1.29, 1.82) is 0 Å². The van der Waals surface area contributed by atoms with Crippen LogP contribution in [-0.4, -0.2) is 53.2 Å². The van der Waals surface area contributed by atoms with E-state index in [-0.39, 0.29) is 19.1 Å². The molecular weight excluding hydrogens is 297 g/mol. The van der Waals surface area contributed by atoms with Gasteiger partial charge in [-0.25, -0.2) is 0 Å². The maximum atomic E-state index is 12.7. The summed E-state index contributed by atoms with van der Waals surface area (Å²) in [5, 5.41) is 7.59. The fraction of sp³-hybridized carbons (Fsp3) is 0.786. The molecule has 22 heavy (non-hydrogen) atoms. The second kappa shape index (κ2) is 6.17. The highest BCUT2D eigenvalue weighted by molar-refractivity contribution is 5.19. The molecule has 0 spiro atoms. The van der Waals surface area contributed by atoms with Crippen LogP contribution in [0.4, 0.5) is 13.2 Å². The molecule has 1 aromatic rings. The number of rotatable bonds is 3. The Morgan fingerprint density at radius 1 is 1.41 bits per heavy atom. The van der Waals surface area contributed by atoms with Crippen LogP contribution in [0, 0.1) is 0 Å². The first-order valence-corrected chi connectivity index (χ1v) is 7.57. The molecule has 124 valence electrons. The van der Waals surface area contributed by atoms with Gasteiger partial charge in [0.05, 0.1) is 18.4 Å². The van der Waals surface area contributed by atoms with E-state index in [1.807, 2.05) is 10.9 Å². The van der Waals surface area contributed by atoms with E-state index in [4.69, 9.17) is 4.74 Å². The van der Waals surface area contributed by atoms with Gasteiger partial charge in [-0.1, -0.05) is 0 Å². The molecule has 0 bridgehead atoms. The summed E-state index contributed by atoms with van der Waals surface area (Å²) >= 11 is 0. The third-order valence-electron chi connectivity index (χ3n) is 4.38. The van der Waals surface area contributed by atoms with E-state index in [1.54, 1.807) is 0 Å². The summed E-state index contributed by atoms with van der Waals surface area (Å²) in [6, 6.07) is -0.169. The average Bonchev–Trinajstić information content (AvgIpc) is 2.87. The Morgan fingerprint density at radius 3 is 3.00 bits per heavy atom. The number of ether oxygens (including phenoxy) is 1. The molecular formula is C14H21F3N4O. The second-order valence-corrected chi connectivity index (χ2v) is 6.08. The van der Waals surface area contributed by atoms with Crippen LogP contribution >= 0.6 is 0 Å². The zero-order valence-corrected chi connectivity index (χ0v) is 12.6. The van der Waals surface area contributed by atoms with Crippen molar-refractivity contribution in [2.75, 3.05) is 20.2 Å². The van der Waals surface area contributed by atoms with E-state index in [2.05, 4.69) is 22.4 Å². The number of halogens is 3. The molecule has 0 aromatic carbocycles. The number of aromatic nitrogens is 2. The number of nitrogens with one attached hydrogen (secondary N) is 1. The minimum atomic E-state index is -4.28. The normalized spacial score (nSPS) is 26.9. The van der Waals surface area contributed by atoms with Gasteiger partial charge >= 0.3 is 6.18 Å². The van der Waals surface area contributed by atoms with Gasteiger partial charge in [-0.3, -0.25) is 9.58 Å². The lowest BCUT2D eigenvalue weighted by Gasteiger charge is -2.31. The van der Waals surface area contributed by atoms with E-state index in [0.29, 0.717) is 13.0 Å². The lowest BCUT2D eigenvalue weighted by atomic mass is 10.0. The zero-order valence-electron chi connectivity index (χ0n) is 12.6. The Bertz CT molecular complexity index is 517. The maximum absolute atomic E-state index is 12.7. The first kappa shape index (κ1) is 15.8. The van der Waals surface area contributed by atoms with Gasteiger partial charge < -0.3 is 10.1 Å². The first-order valence-electron chi connectivity index (χ1n) is 7.57. The quantitative estimate of drug-likeness (QED) is 0.918. The van der Waals surface area contributed by atoms with Crippen molar-refractivity contribution < 1.29 is 17.9 Å². The predicted octanol–water partition coefficient (Wildman–Crippen LogP) is 1.53. The van der Waals surface area contributed by atoms with E-state index in [9.17, 15) is 13.2 Å². The molecule has 2 unspecified atom stereocenters. The number of fused-ring (bicyclic) bond motifs is 1. The summed E-state index contributed by atoms with van der Waals surface area (Å²) < 4.78 is 45.0. The molecule has 2 aliphatic rings. The Morgan fingerprint density at radius 2 is 2.23 bits per heavy atom. The molecule has 0 amide bonds. The molecule has 2 aliphatic heterocycles. The monoisotopic (exact) mass is 318 g/mol. The first-order chi connectivity index (χ1) is 10.4. The van der Waals surface area contributed by atoms with Crippen LogP contribution in [0.5, 0.6) is 0 Å². The summed E-state index contributed by atoms with van der Waals surface area (Å²) in [5.41, 5.74) is 2.22. The molecule has 0 saturated carbocycles. The largest absolute Gasteiger partial charge is 0.414 e. The number of alkyl halides is 3. The Labute approximate surface area is 127 Å². The average molecular weight is 318 g/mol. The van der Waals surface area contributed by atoms with E-state index >= 15 is 0 Å². The lowest BCUT2D eigenvalue weighted by Crippen LogP contribution is -2.44. The van der Waals surface area contributed by atoms with Gasteiger partial charge in [0.15, 0.2) is 6.10 Å². The van der Waals surface area contributed by atoms with Gasteiger partial charge in [0, 0.05) is 37.8 Å². The van der Waals surface area contributed by atoms with Gasteiger partial charge in [-0.05, 0) is 19.9 Å². The smallest absolute Gasteiger partial charge is 0.369 e. The van der Waals surface area contributed by atoms with Crippen LogP contribution in [0.3, 0.4) is 0 Å². The molecule has 1 aromatic heterocycles. The van der Waals surface area contributed by atoms with Crippen LogP contribution in [0.25, 0.3) is 0 Å². The van der Waals surface area contributed by atoms with Crippen molar-refractivity contribution in [3.8, 4) is 0 Å². The van der Waals surface area contributed by atoms with Crippen LogP contribution in [-0.2, 0) is 24.4 Å². The van der Waals surface area contributed by atoms with Gasteiger partial charge in [-0.15, -0.1) is 0 Å². The number of likely N-dealkylation sites (N-methyl/N-ethyl adjacent to an activating group) is 1. The number of nitrogens with zero attached hydrogens (tertiary/aromatic N) is 3. The van der Waals surface area contributed by atoms with E-state index in [0.717, 1.165) is 30.9 Å². The Hall–Kier alpha value is -1.12. The highest BCUT2D eigenvalue weighted by Crippen LogP contribution is 2.30. The van der Waals surface area contributed by atoms with Crippen molar-refractivity contribution in [2.24, 2.45) is 0 Å². The number of hydrogen-bond donors (Lipinski definition) is 1. The second-order valence-electron chi connectivity index (χ2n) is 6.08. The lowest BCUT2D eigenvalue weighted by molar-refractivity contribution is -0.232. The SMILES string of the molecule is CN1CCn2ncc(CNC3CCOC(C(F)(F)F)C3)c2C1. The molecule has 5 nitrogen and oxygen atoms in total. The van der Waals surface area contributed by atoms with Crippen molar-refractivity contribution in [1.82, 2.24) is 20.0 Å². The molecule has 1 N–H and O–H groups in total. The minimum Gasteiger partial charge on any atom is -0.369 e. The van der Waals surface area contributed by atoms with E-state index < -0.39 is 12.3 Å². The highest BCUT2D eigenvalue weighted by atomic mass is 19.4. The number of hydrogen-bond acceptors (Lipinski definition) is 4. The zero-order chi connectivity index (χ0) is 15.7. The summed E-state index contributed by atoms with van der Waals surface area (Å²) in [6.07, 6.45) is -3.52. The van der Waals surface area contributed by atoms with Gasteiger partial charge in [0.25, 0.3) is 0 Å². The van der Waals surface area contributed by atoms with Crippen molar-refractivity contribution in [3.63, 3.8) is 0 Å². The molecule has 1 saturated heterocycles. The Balaban J connectivity index is 1.58. The molecule has 1 fully saturated rings. The molecule has 0 radical (unpaired) electrons. The molecule has 0 aliphatic carbocycles. The van der Waals surface area contributed by atoms with E-state index in [1.165, 1.54) is 0 Å². The predicted molar refractivity (Wildman–Crippen MR) is 74.2 cm³/mol. The summed E-state index contributed by atoms with van der Waals surface area (Å²) in [6.45, 7) is 3.36. The molecule has 3 heterocycles. The third kappa shape index (κ3) is 3.44. The Kier molecular flexibility index (Phi) is 4.42. The topological polar surface area (TPSA) is 42.3 Å². The fourth-order valence-corrected chi connectivity index (χ4v) is 3.04. The minimum absolute atomic E-state index is 0.0210. The fourth-order valence-electron chi connectivity index (χ4n) is 3.04. The molecule has 3 rings (SSSR count). The highest BCUT2D eigenvalue weighted by Gasteiger charge is 2.43.